The molecular formula is C52H46N2O11. The van der Waals surface area contributed by atoms with Gasteiger partial charge in [-0.3, -0.25) is 19.3 Å². The third-order valence-electron chi connectivity index (χ3n) is 11.4. The number of amides is 1. The van der Waals surface area contributed by atoms with Crippen LogP contribution in [0, 0.1) is 0 Å². The second kappa shape index (κ2) is 18.4. The number of carbonyl (C=O) groups excluding carboxylic acids is 3. The van der Waals surface area contributed by atoms with Crippen molar-refractivity contribution in [3.05, 3.63) is 155 Å². The van der Waals surface area contributed by atoms with Crippen molar-refractivity contribution in [2.75, 3.05) is 32.8 Å². The Morgan fingerprint density at radius 1 is 0.523 bits per heavy atom. The molecule has 0 fully saturated rings. The summed E-state index contributed by atoms with van der Waals surface area (Å²) in [4.78, 5) is 43.2. The Kier molecular flexibility index (Phi) is 12.3. The zero-order valence-electron chi connectivity index (χ0n) is 35.9. The SMILES string of the molecule is CCN(CCOc1c(O)cc(C(=O)c2cc3cc(-c4ccc(C(=O)N(CC)CC)cc4)ccc3o2)cc1O)Cc1ccc(-c2ccc3oc(C(=O)c4cc(O)c(O)c(O)c4)cc3c2)cc1. The number of ether oxygens (including phenoxy) is 1. The van der Waals surface area contributed by atoms with Crippen molar-refractivity contribution < 1.29 is 53.5 Å². The van der Waals surface area contributed by atoms with Crippen molar-refractivity contribution in [3.63, 3.8) is 0 Å². The Balaban J connectivity index is 0.869. The van der Waals surface area contributed by atoms with Crippen LogP contribution in [-0.2, 0) is 6.54 Å². The van der Waals surface area contributed by atoms with Crippen molar-refractivity contribution in [1.29, 1.82) is 0 Å². The highest BCUT2D eigenvalue weighted by Gasteiger charge is 2.22. The van der Waals surface area contributed by atoms with Gasteiger partial charge in [0.05, 0.1) is 0 Å². The highest BCUT2D eigenvalue weighted by Crippen LogP contribution is 2.39. The van der Waals surface area contributed by atoms with Crippen LogP contribution in [0.4, 0.5) is 0 Å². The van der Waals surface area contributed by atoms with Crippen LogP contribution >= 0.6 is 0 Å². The van der Waals surface area contributed by atoms with E-state index in [0.29, 0.717) is 60.2 Å². The van der Waals surface area contributed by atoms with E-state index in [0.717, 1.165) is 39.9 Å². The van der Waals surface area contributed by atoms with Gasteiger partial charge in [0.25, 0.3) is 5.91 Å². The number of likely N-dealkylation sites (N-methyl/N-ethyl adjacent to an activating group) is 1. The molecule has 2 aromatic heterocycles. The summed E-state index contributed by atoms with van der Waals surface area (Å²) in [6.07, 6.45) is 0. The van der Waals surface area contributed by atoms with Gasteiger partial charge in [-0.1, -0.05) is 55.5 Å². The Labute approximate surface area is 373 Å². The average molecular weight is 875 g/mol. The maximum absolute atomic E-state index is 13.5. The van der Waals surface area contributed by atoms with Gasteiger partial charge in [-0.2, -0.15) is 0 Å². The summed E-state index contributed by atoms with van der Waals surface area (Å²) in [5.41, 5.74) is 6.23. The lowest BCUT2D eigenvalue weighted by atomic mass is 10.0. The summed E-state index contributed by atoms with van der Waals surface area (Å²) in [5, 5.41) is 52.4. The molecule has 0 unspecified atom stereocenters. The number of hydrogen-bond donors (Lipinski definition) is 5. The van der Waals surface area contributed by atoms with Crippen LogP contribution in [0.1, 0.15) is 68.9 Å². The van der Waals surface area contributed by atoms with Crippen molar-refractivity contribution in [2.45, 2.75) is 27.3 Å². The first-order chi connectivity index (χ1) is 31.3. The Morgan fingerprint density at radius 2 is 0.985 bits per heavy atom. The molecule has 1 amide bonds. The van der Waals surface area contributed by atoms with E-state index in [-0.39, 0.29) is 52.4 Å². The highest BCUT2D eigenvalue weighted by atomic mass is 16.5. The normalized spacial score (nSPS) is 11.4. The first kappa shape index (κ1) is 43.6. The Bertz CT molecular complexity index is 3030. The third kappa shape index (κ3) is 9.08. The minimum absolute atomic E-state index is 0.0125. The van der Waals surface area contributed by atoms with Crippen LogP contribution in [0.15, 0.2) is 130 Å². The van der Waals surface area contributed by atoms with Crippen molar-refractivity contribution >= 4 is 39.4 Å². The standard InChI is InChI=1S/C52H46N2O11/c1-4-53(29-30-7-9-31(10-8-30)34-15-17-44-36(21-34)27-46(64-44)48(59)38-23-40(55)50(61)41(56)24-38)19-20-63-51-42(57)25-39(26-43(51)58)49(60)47-28-37-22-35(16-18-45(37)65-47)32-11-13-33(14-12-32)52(62)54(5-2)6-3/h7-18,21-28,55-58,61H,4-6,19-20,29H2,1-3H3. The predicted molar refractivity (Wildman–Crippen MR) is 245 cm³/mol. The van der Waals surface area contributed by atoms with Gasteiger partial charge in [0.2, 0.25) is 17.3 Å². The number of furan rings is 2. The molecule has 0 atom stereocenters. The fraction of sp³-hybridized carbons (Fsp3) is 0.173. The fourth-order valence-corrected chi connectivity index (χ4v) is 7.75. The summed E-state index contributed by atoms with van der Waals surface area (Å²) < 4.78 is 17.5. The number of nitrogens with zero attached hydrogens (tertiary/aromatic N) is 2. The quantitative estimate of drug-likeness (QED) is 0.0456. The molecule has 0 spiro atoms. The van der Waals surface area contributed by atoms with Crippen molar-refractivity contribution in [2.24, 2.45) is 0 Å². The maximum Gasteiger partial charge on any atom is 0.253 e. The topological polar surface area (TPSA) is 194 Å². The average Bonchev–Trinajstić information content (AvgIpc) is 3.95. The van der Waals surface area contributed by atoms with Crippen LogP contribution in [-0.4, -0.2) is 85.6 Å². The van der Waals surface area contributed by atoms with E-state index in [4.69, 9.17) is 13.6 Å². The number of ketones is 2. The number of hydrogen-bond acceptors (Lipinski definition) is 12. The molecule has 65 heavy (non-hydrogen) atoms. The lowest BCUT2D eigenvalue weighted by Crippen LogP contribution is -2.30. The van der Waals surface area contributed by atoms with Gasteiger partial charge in [0.1, 0.15) is 17.8 Å². The summed E-state index contributed by atoms with van der Waals surface area (Å²) >= 11 is 0. The molecule has 0 saturated heterocycles. The molecule has 0 aliphatic heterocycles. The molecule has 0 aliphatic carbocycles. The monoisotopic (exact) mass is 874 g/mol. The smallest absolute Gasteiger partial charge is 0.253 e. The van der Waals surface area contributed by atoms with E-state index in [1.807, 2.05) is 81.4 Å². The van der Waals surface area contributed by atoms with E-state index < -0.39 is 28.8 Å². The summed E-state index contributed by atoms with van der Waals surface area (Å²) in [5.74, 6) is -3.92. The second-order valence-electron chi connectivity index (χ2n) is 15.6. The highest BCUT2D eigenvalue weighted by molar-refractivity contribution is 6.10. The van der Waals surface area contributed by atoms with E-state index in [1.165, 1.54) is 12.1 Å². The van der Waals surface area contributed by atoms with E-state index in [9.17, 15) is 39.9 Å². The predicted octanol–water partition coefficient (Wildman–Crippen LogP) is 9.89. The molecule has 13 heteroatoms. The zero-order chi connectivity index (χ0) is 45.9. The molecule has 2 heterocycles. The van der Waals surface area contributed by atoms with Crippen LogP contribution < -0.4 is 4.74 Å². The lowest BCUT2D eigenvalue weighted by Gasteiger charge is -2.21. The minimum atomic E-state index is -0.710. The molecule has 0 aliphatic rings. The van der Waals surface area contributed by atoms with Crippen LogP contribution in [0.2, 0.25) is 0 Å². The molecule has 8 rings (SSSR count). The van der Waals surface area contributed by atoms with Gasteiger partial charge in [-0.25, -0.2) is 0 Å². The molecule has 6 aromatic carbocycles. The second-order valence-corrected chi connectivity index (χ2v) is 15.6. The molecule has 0 saturated carbocycles. The van der Waals surface area contributed by atoms with Gasteiger partial charge >= 0.3 is 0 Å². The van der Waals surface area contributed by atoms with Crippen LogP contribution in [0.5, 0.6) is 34.5 Å². The van der Waals surface area contributed by atoms with Gasteiger partial charge in [-0.15, -0.1) is 0 Å². The number of rotatable bonds is 16. The first-order valence-corrected chi connectivity index (χ1v) is 21.2. The molecule has 5 N–H and O–H groups in total. The molecular weight excluding hydrogens is 829 g/mol. The molecule has 330 valence electrons. The fourth-order valence-electron chi connectivity index (χ4n) is 7.75. The van der Waals surface area contributed by atoms with E-state index in [2.05, 4.69) is 4.90 Å². The van der Waals surface area contributed by atoms with Gasteiger partial charge in [-0.05, 0) is 121 Å². The number of carbonyl (C=O) groups is 3. The summed E-state index contributed by atoms with van der Waals surface area (Å²) in [6, 6.07) is 34.3. The number of phenolic OH excluding ortho intramolecular Hbond substituents is 5. The van der Waals surface area contributed by atoms with E-state index in [1.54, 1.807) is 41.3 Å². The maximum atomic E-state index is 13.5. The van der Waals surface area contributed by atoms with Gasteiger partial charge in [0, 0.05) is 53.6 Å². The first-order valence-electron chi connectivity index (χ1n) is 21.2. The number of benzene rings is 6. The number of phenols is 5. The summed E-state index contributed by atoms with van der Waals surface area (Å²) in [6.45, 7) is 9.09. The third-order valence-corrected chi connectivity index (χ3v) is 11.4. The van der Waals surface area contributed by atoms with Gasteiger partial charge in [0.15, 0.2) is 40.3 Å². The molecule has 13 nitrogen and oxygen atoms in total. The zero-order valence-corrected chi connectivity index (χ0v) is 35.9. The molecule has 0 radical (unpaired) electrons. The summed E-state index contributed by atoms with van der Waals surface area (Å²) in [7, 11) is 0. The Hall–Kier alpha value is -8.03. The van der Waals surface area contributed by atoms with Crippen molar-refractivity contribution in [1.82, 2.24) is 9.80 Å². The largest absolute Gasteiger partial charge is 0.504 e. The van der Waals surface area contributed by atoms with Gasteiger partial charge < -0.3 is 44.0 Å². The molecule has 8 aromatic rings. The minimum Gasteiger partial charge on any atom is -0.504 e. The number of fused-ring (bicyclic) bond motifs is 2. The number of aromatic hydroxyl groups is 5. The Morgan fingerprint density at radius 3 is 1.46 bits per heavy atom. The van der Waals surface area contributed by atoms with E-state index >= 15 is 0 Å². The van der Waals surface area contributed by atoms with Crippen molar-refractivity contribution in [3.8, 4) is 56.8 Å². The lowest BCUT2D eigenvalue weighted by molar-refractivity contribution is 0.0772. The van der Waals surface area contributed by atoms with Crippen LogP contribution in [0.25, 0.3) is 44.2 Å². The van der Waals surface area contributed by atoms with Crippen LogP contribution in [0.3, 0.4) is 0 Å². The molecule has 0 bridgehead atoms.